The minimum Gasteiger partial charge on any atom is -0.456 e. The summed E-state index contributed by atoms with van der Waals surface area (Å²) in [4.78, 5) is 10.6. The van der Waals surface area contributed by atoms with E-state index in [1.54, 1.807) is 0 Å². The van der Waals surface area contributed by atoms with Crippen molar-refractivity contribution < 1.29 is 14.6 Å². The minimum absolute atomic E-state index is 0.324. The highest BCUT2D eigenvalue weighted by molar-refractivity contribution is 5.87. The fraction of sp³-hybridized carbons (Fsp3) is 0.800. The highest BCUT2D eigenvalue weighted by Gasteiger charge is 1.96. The van der Waals surface area contributed by atoms with Crippen LogP contribution in [0.3, 0.4) is 0 Å². The normalized spacial score (nSPS) is 10.0. The third-order valence-electron chi connectivity index (χ3n) is 2.90. The molecule has 0 aliphatic carbocycles. The van der Waals surface area contributed by atoms with Crippen LogP contribution in [-0.4, -0.2) is 24.3 Å². The lowest BCUT2D eigenvalue weighted by Gasteiger charge is -2.02. The van der Waals surface area contributed by atoms with E-state index in [1.807, 2.05) is 5.92 Å². The van der Waals surface area contributed by atoms with Crippen LogP contribution < -0.4 is 0 Å². The number of rotatable bonds is 12. The Labute approximate surface area is 111 Å². The minimum atomic E-state index is -0.558. The van der Waals surface area contributed by atoms with Gasteiger partial charge in [-0.15, -0.1) is 6.42 Å². The number of unbranched alkanes of at least 4 members (excludes halogenated alkanes) is 9. The average Bonchev–Trinajstić information content (AvgIpc) is 2.39. The van der Waals surface area contributed by atoms with Gasteiger partial charge in [0.05, 0.1) is 6.61 Å². The number of aliphatic hydroxyl groups excluding tert-OH is 1. The zero-order chi connectivity index (χ0) is 13.5. The predicted molar refractivity (Wildman–Crippen MR) is 73.0 cm³/mol. The molecule has 0 aliphatic rings. The highest BCUT2D eigenvalue weighted by Crippen LogP contribution is 2.10. The van der Waals surface area contributed by atoms with Gasteiger partial charge < -0.3 is 9.84 Å². The maximum atomic E-state index is 10.6. The van der Waals surface area contributed by atoms with E-state index < -0.39 is 5.97 Å². The molecule has 0 fully saturated rings. The van der Waals surface area contributed by atoms with Crippen molar-refractivity contribution in [2.45, 2.75) is 64.2 Å². The van der Waals surface area contributed by atoms with Gasteiger partial charge in [-0.1, -0.05) is 51.4 Å². The Morgan fingerprint density at radius 1 is 0.889 bits per heavy atom. The van der Waals surface area contributed by atoms with Gasteiger partial charge in [-0.05, 0) is 12.8 Å². The summed E-state index contributed by atoms with van der Waals surface area (Å²) >= 11 is 0. The summed E-state index contributed by atoms with van der Waals surface area (Å²) in [6.07, 6.45) is 16.5. The standard InChI is InChI=1S/C15H26O3/c1-2-15(17)18-14-12-10-8-6-4-3-5-7-9-11-13-16/h1,16H,3-14H2. The lowest BCUT2D eigenvalue weighted by atomic mass is 10.1. The van der Waals surface area contributed by atoms with Gasteiger partial charge in [-0.25, -0.2) is 4.79 Å². The first-order chi connectivity index (χ1) is 8.81. The third kappa shape index (κ3) is 13.1. The zero-order valence-electron chi connectivity index (χ0n) is 11.3. The predicted octanol–water partition coefficient (Wildman–Crippen LogP) is 3.06. The Balaban J connectivity index is 2.99. The Hall–Kier alpha value is -1.01. The molecule has 0 rings (SSSR count). The van der Waals surface area contributed by atoms with Crippen LogP contribution in [0.15, 0.2) is 0 Å². The fourth-order valence-corrected chi connectivity index (χ4v) is 1.83. The quantitative estimate of drug-likeness (QED) is 0.252. The number of carbonyl (C=O) groups is 1. The molecule has 0 aromatic rings. The first-order valence-electron chi connectivity index (χ1n) is 7.05. The van der Waals surface area contributed by atoms with Crippen molar-refractivity contribution in [1.29, 1.82) is 0 Å². The Morgan fingerprint density at radius 2 is 1.33 bits per heavy atom. The van der Waals surface area contributed by atoms with Crippen LogP contribution >= 0.6 is 0 Å². The summed E-state index contributed by atoms with van der Waals surface area (Å²) < 4.78 is 4.78. The molecule has 0 aromatic heterocycles. The molecule has 3 heteroatoms. The fourth-order valence-electron chi connectivity index (χ4n) is 1.83. The number of terminal acetylenes is 1. The monoisotopic (exact) mass is 254 g/mol. The largest absolute Gasteiger partial charge is 0.456 e. The van der Waals surface area contributed by atoms with Crippen LogP contribution in [-0.2, 0) is 9.53 Å². The van der Waals surface area contributed by atoms with Crippen molar-refractivity contribution in [3.05, 3.63) is 0 Å². The molecule has 0 saturated carbocycles. The number of carbonyl (C=O) groups excluding carboxylic acids is 1. The second kappa shape index (κ2) is 14.1. The van der Waals surface area contributed by atoms with Crippen LogP contribution in [0.2, 0.25) is 0 Å². The summed E-state index contributed by atoms with van der Waals surface area (Å²) in [5.41, 5.74) is 0. The highest BCUT2D eigenvalue weighted by atomic mass is 16.5. The van der Waals surface area contributed by atoms with Crippen LogP contribution in [0.25, 0.3) is 0 Å². The molecular weight excluding hydrogens is 228 g/mol. The van der Waals surface area contributed by atoms with Gasteiger partial charge >= 0.3 is 5.97 Å². The Kier molecular flexibility index (Phi) is 13.3. The molecule has 0 spiro atoms. The summed E-state index contributed by atoms with van der Waals surface area (Å²) in [5.74, 6) is 1.37. The molecule has 1 N–H and O–H groups in total. The van der Waals surface area contributed by atoms with Crippen LogP contribution in [0, 0.1) is 12.3 Å². The molecule has 104 valence electrons. The Bertz CT molecular complexity index is 230. The number of hydrogen-bond acceptors (Lipinski definition) is 3. The topological polar surface area (TPSA) is 46.5 Å². The van der Waals surface area contributed by atoms with Crippen molar-refractivity contribution in [2.75, 3.05) is 13.2 Å². The van der Waals surface area contributed by atoms with E-state index >= 15 is 0 Å². The molecule has 0 aromatic carbocycles. The van der Waals surface area contributed by atoms with Gasteiger partial charge in [0.15, 0.2) is 0 Å². The van der Waals surface area contributed by atoms with Crippen LogP contribution in [0.5, 0.6) is 0 Å². The van der Waals surface area contributed by atoms with E-state index in [0.29, 0.717) is 13.2 Å². The number of esters is 1. The average molecular weight is 254 g/mol. The third-order valence-corrected chi connectivity index (χ3v) is 2.90. The number of hydrogen-bond donors (Lipinski definition) is 1. The smallest absolute Gasteiger partial charge is 0.384 e. The lowest BCUT2D eigenvalue weighted by molar-refractivity contribution is -0.136. The van der Waals surface area contributed by atoms with Crippen molar-refractivity contribution in [3.63, 3.8) is 0 Å². The maximum Gasteiger partial charge on any atom is 0.384 e. The van der Waals surface area contributed by atoms with Gasteiger partial charge in [-0.2, -0.15) is 0 Å². The van der Waals surface area contributed by atoms with E-state index in [1.165, 1.54) is 38.5 Å². The zero-order valence-corrected chi connectivity index (χ0v) is 11.3. The lowest BCUT2D eigenvalue weighted by Crippen LogP contribution is -2.02. The molecule has 0 bridgehead atoms. The molecule has 0 aliphatic heterocycles. The van der Waals surface area contributed by atoms with Crippen LogP contribution in [0.1, 0.15) is 64.2 Å². The van der Waals surface area contributed by atoms with E-state index in [9.17, 15) is 4.79 Å². The van der Waals surface area contributed by atoms with Crippen LogP contribution in [0.4, 0.5) is 0 Å². The molecule has 0 unspecified atom stereocenters. The Morgan fingerprint density at radius 3 is 1.78 bits per heavy atom. The molecule has 3 nitrogen and oxygen atoms in total. The maximum absolute atomic E-state index is 10.6. The molecule has 18 heavy (non-hydrogen) atoms. The first-order valence-corrected chi connectivity index (χ1v) is 7.05. The van der Waals surface area contributed by atoms with Crippen molar-refractivity contribution in [3.8, 4) is 12.3 Å². The van der Waals surface area contributed by atoms with E-state index in [0.717, 1.165) is 25.7 Å². The second-order valence-electron chi connectivity index (χ2n) is 4.54. The number of ether oxygens (including phenoxy) is 1. The summed E-state index contributed by atoms with van der Waals surface area (Å²) in [7, 11) is 0. The van der Waals surface area contributed by atoms with Gasteiger partial charge in [0, 0.05) is 12.5 Å². The van der Waals surface area contributed by atoms with Gasteiger partial charge in [0.2, 0.25) is 0 Å². The van der Waals surface area contributed by atoms with Crippen molar-refractivity contribution in [1.82, 2.24) is 0 Å². The molecule has 0 radical (unpaired) electrons. The van der Waals surface area contributed by atoms with Gasteiger partial charge in [0.1, 0.15) is 0 Å². The van der Waals surface area contributed by atoms with E-state index in [4.69, 9.17) is 16.3 Å². The second-order valence-corrected chi connectivity index (χ2v) is 4.54. The van der Waals surface area contributed by atoms with Crippen molar-refractivity contribution in [2.24, 2.45) is 0 Å². The van der Waals surface area contributed by atoms with Gasteiger partial charge in [-0.3, -0.25) is 0 Å². The molecular formula is C15H26O3. The summed E-state index contributed by atoms with van der Waals surface area (Å²) in [5, 5.41) is 8.62. The van der Waals surface area contributed by atoms with Gasteiger partial charge in [0.25, 0.3) is 0 Å². The SMILES string of the molecule is C#CC(=O)OCCCCCCCCCCCCO. The molecule has 0 amide bonds. The van der Waals surface area contributed by atoms with Crippen molar-refractivity contribution >= 4 is 5.97 Å². The first kappa shape index (κ1) is 17.0. The molecule has 0 saturated heterocycles. The van der Waals surface area contributed by atoms with E-state index in [2.05, 4.69) is 0 Å². The number of aliphatic hydroxyl groups is 1. The summed E-state index contributed by atoms with van der Waals surface area (Å²) in [6.45, 7) is 0.772. The summed E-state index contributed by atoms with van der Waals surface area (Å²) in [6, 6.07) is 0. The van der Waals surface area contributed by atoms with E-state index in [-0.39, 0.29) is 0 Å². The molecule has 0 heterocycles. The molecule has 0 atom stereocenters.